The molecule has 2 aromatic rings. The van der Waals surface area contributed by atoms with Crippen molar-refractivity contribution in [2.45, 2.75) is 6.42 Å². The van der Waals surface area contributed by atoms with E-state index in [-0.39, 0.29) is 5.97 Å². The maximum absolute atomic E-state index is 11.1. The Labute approximate surface area is 99.2 Å². The van der Waals surface area contributed by atoms with Crippen LogP contribution in [0.1, 0.15) is 5.56 Å². The zero-order valence-electron chi connectivity index (χ0n) is 7.99. The second-order valence-electron chi connectivity index (χ2n) is 3.02. The molecule has 0 radical (unpaired) electrons. The van der Waals surface area contributed by atoms with Gasteiger partial charge in [-0.2, -0.15) is 0 Å². The van der Waals surface area contributed by atoms with E-state index in [1.165, 1.54) is 7.11 Å². The van der Waals surface area contributed by atoms with Gasteiger partial charge in [-0.25, -0.2) is 4.98 Å². The monoisotopic (exact) mass is 285 g/mol. The van der Waals surface area contributed by atoms with Gasteiger partial charge in [-0.05, 0) is 33.6 Å². The number of esters is 1. The Bertz CT molecular complexity index is 509. The quantitative estimate of drug-likeness (QED) is 0.797. The number of hydrogen-bond donors (Lipinski definition) is 0. The van der Waals surface area contributed by atoms with Gasteiger partial charge in [0.25, 0.3) is 0 Å². The van der Waals surface area contributed by atoms with Crippen LogP contribution in [0.25, 0.3) is 10.2 Å². The van der Waals surface area contributed by atoms with Gasteiger partial charge in [0.05, 0.1) is 23.7 Å². The van der Waals surface area contributed by atoms with E-state index >= 15 is 0 Å². The zero-order valence-corrected chi connectivity index (χ0v) is 10.4. The maximum atomic E-state index is 11.1. The Morgan fingerprint density at radius 2 is 2.40 bits per heavy atom. The summed E-state index contributed by atoms with van der Waals surface area (Å²) >= 11 is 4.88. The predicted molar refractivity (Wildman–Crippen MR) is 63.0 cm³/mol. The Morgan fingerprint density at radius 1 is 1.60 bits per heavy atom. The summed E-state index contributed by atoms with van der Waals surface area (Å²) in [4.78, 5) is 15.4. The van der Waals surface area contributed by atoms with Crippen molar-refractivity contribution < 1.29 is 9.53 Å². The smallest absolute Gasteiger partial charge is 0.309 e. The molecule has 0 N–H and O–H groups in total. The molecule has 1 aromatic carbocycles. The Hall–Kier alpha value is -0.940. The van der Waals surface area contributed by atoms with E-state index in [0.717, 1.165) is 19.7 Å². The van der Waals surface area contributed by atoms with Crippen LogP contribution in [-0.2, 0) is 16.0 Å². The van der Waals surface area contributed by atoms with Gasteiger partial charge in [0.15, 0.2) is 3.92 Å². The Morgan fingerprint density at radius 3 is 3.13 bits per heavy atom. The molecule has 5 heteroatoms. The van der Waals surface area contributed by atoms with Crippen LogP contribution in [0.5, 0.6) is 0 Å². The molecule has 1 aromatic heterocycles. The predicted octanol–water partition coefficient (Wildman–Crippen LogP) is 2.77. The van der Waals surface area contributed by atoms with Gasteiger partial charge in [0, 0.05) is 0 Å². The largest absolute Gasteiger partial charge is 0.469 e. The summed E-state index contributed by atoms with van der Waals surface area (Å²) in [7, 11) is 1.39. The molecule has 0 spiro atoms. The molecule has 0 amide bonds. The second kappa shape index (κ2) is 4.28. The molecule has 0 atom stereocenters. The number of methoxy groups -OCH3 is 1. The van der Waals surface area contributed by atoms with Crippen LogP contribution in [0.2, 0.25) is 0 Å². The second-order valence-corrected chi connectivity index (χ2v) is 5.33. The van der Waals surface area contributed by atoms with Crippen molar-refractivity contribution in [2.24, 2.45) is 0 Å². The number of carbonyl (C=O) groups excluding carboxylic acids is 1. The number of benzene rings is 1. The van der Waals surface area contributed by atoms with Gasteiger partial charge in [-0.15, -0.1) is 11.3 Å². The van der Waals surface area contributed by atoms with Crippen molar-refractivity contribution in [3.05, 3.63) is 27.7 Å². The summed E-state index contributed by atoms with van der Waals surface area (Å²) in [6.45, 7) is 0. The number of fused-ring (bicyclic) bond motifs is 1. The van der Waals surface area contributed by atoms with E-state index in [9.17, 15) is 4.79 Å². The minimum absolute atomic E-state index is 0.224. The first-order chi connectivity index (χ1) is 7.19. The van der Waals surface area contributed by atoms with Crippen LogP contribution in [0.4, 0.5) is 0 Å². The lowest BCUT2D eigenvalue weighted by molar-refractivity contribution is -0.139. The zero-order chi connectivity index (χ0) is 10.8. The van der Waals surface area contributed by atoms with Crippen molar-refractivity contribution >= 4 is 43.5 Å². The molecule has 0 fully saturated rings. The molecule has 78 valence electrons. The van der Waals surface area contributed by atoms with Crippen molar-refractivity contribution in [2.75, 3.05) is 7.11 Å². The van der Waals surface area contributed by atoms with Gasteiger partial charge >= 0.3 is 5.97 Å². The molecule has 0 unspecified atom stereocenters. The van der Waals surface area contributed by atoms with Gasteiger partial charge < -0.3 is 4.74 Å². The van der Waals surface area contributed by atoms with E-state index in [1.807, 2.05) is 18.2 Å². The number of carbonyl (C=O) groups is 1. The number of halogens is 1. The molecular formula is C10H8BrNO2S. The molecule has 0 aliphatic rings. The Balaban J connectivity index is 2.33. The maximum Gasteiger partial charge on any atom is 0.309 e. The molecule has 0 bridgehead atoms. The molecule has 0 saturated heterocycles. The minimum atomic E-state index is -0.224. The van der Waals surface area contributed by atoms with Crippen molar-refractivity contribution in [1.82, 2.24) is 4.98 Å². The third kappa shape index (κ3) is 2.35. The van der Waals surface area contributed by atoms with Crippen LogP contribution in [0.3, 0.4) is 0 Å². The number of hydrogen-bond acceptors (Lipinski definition) is 4. The highest BCUT2D eigenvalue weighted by atomic mass is 79.9. The first-order valence-corrected chi connectivity index (χ1v) is 5.92. The lowest BCUT2D eigenvalue weighted by atomic mass is 10.1. The highest BCUT2D eigenvalue weighted by molar-refractivity contribution is 9.11. The summed E-state index contributed by atoms with van der Waals surface area (Å²) < 4.78 is 6.54. The summed E-state index contributed by atoms with van der Waals surface area (Å²) in [5, 5.41) is 0. The number of ether oxygens (including phenoxy) is 1. The highest BCUT2D eigenvalue weighted by Crippen LogP contribution is 2.26. The number of rotatable bonds is 2. The van der Waals surface area contributed by atoms with Crippen molar-refractivity contribution in [3.63, 3.8) is 0 Å². The van der Waals surface area contributed by atoms with Crippen molar-refractivity contribution in [1.29, 1.82) is 0 Å². The summed E-state index contributed by atoms with van der Waals surface area (Å²) in [5.41, 5.74) is 1.89. The lowest BCUT2D eigenvalue weighted by Gasteiger charge is -1.99. The third-order valence-corrected chi connectivity index (χ3v) is 3.47. The van der Waals surface area contributed by atoms with Gasteiger partial charge in [0.1, 0.15) is 0 Å². The van der Waals surface area contributed by atoms with Crippen LogP contribution >= 0.6 is 27.3 Å². The van der Waals surface area contributed by atoms with Gasteiger partial charge in [-0.3, -0.25) is 4.79 Å². The van der Waals surface area contributed by atoms with Gasteiger partial charge in [0.2, 0.25) is 0 Å². The topological polar surface area (TPSA) is 39.2 Å². The van der Waals surface area contributed by atoms with E-state index in [1.54, 1.807) is 11.3 Å². The van der Waals surface area contributed by atoms with E-state index in [0.29, 0.717) is 6.42 Å². The van der Waals surface area contributed by atoms with Crippen LogP contribution in [0, 0.1) is 0 Å². The van der Waals surface area contributed by atoms with E-state index < -0.39 is 0 Å². The first kappa shape index (κ1) is 10.6. The van der Waals surface area contributed by atoms with Crippen LogP contribution < -0.4 is 0 Å². The average Bonchev–Trinajstić information content (AvgIpc) is 2.57. The fourth-order valence-corrected chi connectivity index (χ4v) is 2.76. The van der Waals surface area contributed by atoms with E-state index in [2.05, 4.69) is 25.7 Å². The Kier molecular flexibility index (Phi) is 3.02. The normalized spacial score (nSPS) is 10.5. The number of nitrogens with zero attached hydrogens (tertiary/aromatic N) is 1. The molecular weight excluding hydrogens is 278 g/mol. The third-order valence-electron chi connectivity index (χ3n) is 2.00. The minimum Gasteiger partial charge on any atom is -0.469 e. The fourth-order valence-electron chi connectivity index (χ4n) is 1.29. The number of thiazole rings is 1. The van der Waals surface area contributed by atoms with Crippen molar-refractivity contribution in [3.8, 4) is 0 Å². The van der Waals surface area contributed by atoms with Crippen LogP contribution in [-0.4, -0.2) is 18.1 Å². The molecule has 0 saturated carbocycles. The molecule has 1 heterocycles. The molecule has 15 heavy (non-hydrogen) atoms. The highest BCUT2D eigenvalue weighted by Gasteiger charge is 2.06. The molecule has 2 rings (SSSR count). The lowest BCUT2D eigenvalue weighted by Crippen LogP contribution is -2.03. The first-order valence-electron chi connectivity index (χ1n) is 4.31. The van der Waals surface area contributed by atoms with E-state index in [4.69, 9.17) is 0 Å². The fraction of sp³-hybridized carbons (Fsp3) is 0.200. The summed E-state index contributed by atoms with van der Waals surface area (Å²) in [6, 6.07) is 5.77. The number of aromatic nitrogens is 1. The summed E-state index contributed by atoms with van der Waals surface area (Å²) in [6.07, 6.45) is 0.307. The van der Waals surface area contributed by atoms with Gasteiger partial charge in [-0.1, -0.05) is 6.07 Å². The summed E-state index contributed by atoms with van der Waals surface area (Å²) in [5.74, 6) is -0.224. The van der Waals surface area contributed by atoms with Crippen LogP contribution in [0.15, 0.2) is 22.1 Å². The SMILES string of the molecule is COC(=O)Cc1ccc2nc(Br)sc2c1. The standard InChI is InChI=1S/C10H8BrNO2S/c1-14-9(13)5-6-2-3-7-8(4-6)15-10(11)12-7/h2-4H,5H2,1H3. The molecule has 3 nitrogen and oxygen atoms in total. The molecule has 0 aliphatic heterocycles. The average molecular weight is 286 g/mol. The molecule has 0 aliphatic carbocycles.